The normalized spacial score (nSPS) is 28.2. The highest BCUT2D eigenvalue weighted by Crippen LogP contribution is 2.35. The van der Waals surface area contributed by atoms with E-state index >= 15 is 0 Å². The topological polar surface area (TPSA) is 0 Å². The van der Waals surface area contributed by atoms with Crippen molar-refractivity contribution in [2.45, 2.75) is 66.7 Å². The van der Waals surface area contributed by atoms with Crippen LogP contribution in [0.4, 0.5) is 0 Å². The predicted molar refractivity (Wildman–Crippen MR) is 57.4 cm³/mol. The lowest BCUT2D eigenvalue weighted by molar-refractivity contribution is 0.310. The average Bonchev–Trinajstić information content (AvgIpc) is 2.17. The molecule has 1 aliphatic rings. The Morgan fingerprint density at radius 1 is 1.00 bits per heavy atom. The van der Waals surface area contributed by atoms with E-state index in [4.69, 9.17) is 0 Å². The van der Waals surface area contributed by atoms with Gasteiger partial charge in [0.25, 0.3) is 0 Å². The molecule has 0 aromatic heterocycles. The minimum Gasteiger partial charge on any atom is -0.0683 e. The molecule has 0 N–H and O–H groups in total. The summed E-state index contributed by atoms with van der Waals surface area (Å²) in [5.74, 6) is 0.988. The summed E-state index contributed by atoms with van der Waals surface area (Å²) in [7, 11) is 0. The highest BCUT2D eigenvalue weighted by molar-refractivity contribution is 4.74. The van der Waals surface area contributed by atoms with Gasteiger partial charge in [-0.25, -0.2) is 0 Å². The fraction of sp³-hybridized carbons (Fsp3) is 1.00. The van der Waals surface area contributed by atoms with Crippen LogP contribution >= 0.6 is 0 Å². The Kier molecular flexibility index (Phi) is 5.61. The predicted octanol–water partition coefficient (Wildman–Crippen LogP) is 4.64. The van der Waals surface area contributed by atoms with Crippen LogP contribution < -0.4 is 0 Å². The van der Waals surface area contributed by atoms with Gasteiger partial charge in [0.1, 0.15) is 0 Å². The zero-order valence-corrected chi connectivity index (χ0v) is 9.61. The molecule has 0 heterocycles. The van der Waals surface area contributed by atoms with E-state index in [-0.39, 0.29) is 0 Å². The second-order valence-corrected chi connectivity index (χ2v) is 4.70. The van der Waals surface area contributed by atoms with E-state index in [1.807, 2.05) is 13.8 Å². The molecular weight excluding hydrogens is 144 g/mol. The largest absolute Gasteiger partial charge is 0.0683 e. The Morgan fingerprint density at radius 3 is 2.17 bits per heavy atom. The first-order chi connectivity index (χ1) is 5.60. The molecule has 1 fully saturated rings. The van der Waals surface area contributed by atoms with Crippen molar-refractivity contribution in [2.75, 3.05) is 0 Å². The van der Waals surface area contributed by atoms with Crippen LogP contribution in [0.2, 0.25) is 0 Å². The summed E-state index contributed by atoms with van der Waals surface area (Å²) in [6.45, 7) is 11.2. The first kappa shape index (κ1) is 12.0. The van der Waals surface area contributed by atoms with E-state index in [0.29, 0.717) is 5.41 Å². The Bertz CT molecular complexity index is 103. The van der Waals surface area contributed by atoms with Gasteiger partial charge in [-0.1, -0.05) is 53.9 Å². The average molecular weight is 170 g/mol. The molecule has 0 aromatic rings. The molecule has 74 valence electrons. The van der Waals surface area contributed by atoms with Gasteiger partial charge < -0.3 is 0 Å². The van der Waals surface area contributed by atoms with Gasteiger partial charge in [0.15, 0.2) is 0 Å². The molecule has 0 bridgehead atoms. The molecule has 1 saturated carbocycles. The van der Waals surface area contributed by atoms with E-state index in [2.05, 4.69) is 20.8 Å². The summed E-state index contributed by atoms with van der Waals surface area (Å²) in [6, 6.07) is 0. The van der Waals surface area contributed by atoms with E-state index in [1.165, 1.54) is 32.1 Å². The second-order valence-electron chi connectivity index (χ2n) is 4.70. The second kappa shape index (κ2) is 5.61. The zero-order chi connectivity index (χ0) is 9.61. The molecule has 0 aliphatic heterocycles. The smallest absolute Gasteiger partial charge is 0.0354 e. The summed E-state index contributed by atoms with van der Waals surface area (Å²) in [6.07, 6.45) is 7.25. The van der Waals surface area contributed by atoms with Crippen LogP contribution in [-0.2, 0) is 0 Å². The third-order valence-electron chi connectivity index (χ3n) is 2.86. The fourth-order valence-corrected chi connectivity index (χ4v) is 1.84. The van der Waals surface area contributed by atoms with Gasteiger partial charge in [-0.05, 0) is 24.2 Å². The quantitative estimate of drug-likeness (QED) is 0.465. The van der Waals surface area contributed by atoms with Crippen LogP contribution in [0.25, 0.3) is 0 Å². The van der Waals surface area contributed by atoms with Crippen molar-refractivity contribution >= 4 is 0 Å². The molecule has 0 spiro atoms. The molecule has 0 nitrogen and oxygen atoms in total. The van der Waals surface area contributed by atoms with Gasteiger partial charge in [0.2, 0.25) is 0 Å². The van der Waals surface area contributed by atoms with Crippen molar-refractivity contribution in [2.24, 2.45) is 11.3 Å². The first-order valence-electron chi connectivity index (χ1n) is 5.60. The third-order valence-corrected chi connectivity index (χ3v) is 2.86. The van der Waals surface area contributed by atoms with E-state index < -0.39 is 0 Å². The SMILES string of the molecule is CC.CC1CCCC(C)(C)CC1. The van der Waals surface area contributed by atoms with Crippen molar-refractivity contribution in [3.63, 3.8) is 0 Å². The molecule has 0 aromatic carbocycles. The molecular formula is C12H26. The van der Waals surface area contributed by atoms with Gasteiger partial charge in [-0.2, -0.15) is 0 Å². The molecule has 1 rings (SSSR count). The lowest BCUT2D eigenvalue weighted by Gasteiger charge is -2.21. The Balaban J connectivity index is 0.000000561. The van der Waals surface area contributed by atoms with Crippen molar-refractivity contribution in [3.8, 4) is 0 Å². The van der Waals surface area contributed by atoms with Crippen molar-refractivity contribution in [3.05, 3.63) is 0 Å². The fourth-order valence-electron chi connectivity index (χ4n) is 1.84. The third kappa shape index (κ3) is 4.79. The lowest BCUT2D eigenvalue weighted by Crippen LogP contribution is -2.08. The monoisotopic (exact) mass is 170 g/mol. The summed E-state index contributed by atoms with van der Waals surface area (Å²) < 4.78 is 0. The summed E-state index contributed by atoms with van der Waals surface area (Å²) in [5.41, 5.74) is 0.644. The summed E-state index contributed by atoms with van der Waals surface area (Å²) in [4.78, 5) is 0. The number of rotatable bonds is 0. The number of hydrogen-bond donors (Lipinski definition) is 0. The maximum atomic E-state index is 2.41. The zero-order valence-electron chi connectivity index (χ0n) is 9.61. The highest BCUT2D eigenvalue weighted by Gasteiger charge is 2.21. The summed E-state index contributed by atoms with van der Waals surface area (Å²) >= 11 is 0. The van der Waals surface area contributed by atoms with Gasteiger partial charge in [0.05, 0.1) is 0 Å². The maximum absolute atomic E-state index is 2.41. The first-order valence-corrected chi connectivity index (χ1v) is 5.60. The van der Waals surface area contributed by atoms with Crippen LogP contribution in [-0.4, -0.2) is 0 Å². The van der Waals surface area contributed by atoms with Crippen LogP contribution in [0.3, 0.4) is 0 Å². The van der Waals surface area contributed by atoms with Gasteiger partial charge >= 0.3 is 0 Å². The molecule has 0 radical (unpaired) electrons. The molecule has 1 aliphatic carbocycles. The van der Waals surface area contributed by atoms with Crippen LogP contribution in [0.5, 0.6) is 0 Å². The lowest BCUT2D eigenvalue weighted by atomic mass is 9.85. The van der Waals surface area contributed by atoms with Crippen molar-refractivity contribution in [1.82, 2.24) is 0 Å². The highest BCUT2D eigenvalue weighted by atomic mass is 14.3. The Morgan fingerprint density at radius 2 is 1.58 bits per heavy atom. The Labute approximate surface area is 78.8 Å². The van der Waals surface area contributed by atoms with Crippen LogP contribution in [0.1, 0.15) is 66.7 Å². The molecule has 1 atom stereocenters. The van der Waals surface area contributed by atoms with Crippen LogP contribution in [0.15, 0.2) is 0 Å². The van der Waals surface area contributed by atoms with Crippen molar-refractivity contribution < 1.29 is 0 Å². The Hall–Kier alpha value is 0. The maximum Gasteiger partial charge on any atom is -0.0354 e. The van der Waals surface area contributed by atoms with Crippen LogP contribution in [0, 0.1) is 11.3 Å². The minimum atomic E-state index is 0.644. The molecule has 0 saturated heterocycles. The minimum absolute atomic E-state index is 0.644. The van der Waals surface area contributed by atoms with Gasteiger partial charge in [-0.15, -0.1) is 0 Å². The van der Waals surface area contributed by atoms with E-state index in [9.17, 15) is 0 Å². The van der Waals surface area contributed by atoms with E-state index in [0.717, 1.165) is 5.92 Å². The molecule has 0 amide bonds. The molecule has 12 heavy (non-hydrogen) atoms. The standard InChI is InChI=1S/C10H20.C2H6/c1-9-5-4-7-10(2,3)8-6-9;1-2/h9H,4-8H2,1-3H3;1-2H3. The molecule has 1 unspecified atom stereocenters. The van der Waals surface area contributed by atoms with E-state index in [1.54, 1.807) is 0 Å². The molecule has 0 heteroatoms. The van der Waals surface area contributed by atoms with Gasteiger partial charge in [0, 0.05) is 0 Å². The van der Waals surface area contributed by atoms with Crippen molar-refractivity contribution in [1.29, 1.82) is 0 Å². The van der Waals surface area contributed by atoms with Gasteiger partial charge in [-0.3, -0.25) is 0 Å². The number of hydrogen-bond acceptors (Lipinski definition) is 0. The summed E-state index contributed by atoms with van der Waals surface area (Å²) in [5, 5.41) is 0.